The number of hydrogen-bond acceptors (Lipinski definition) is 5. The molecule has 0 aliphatic carbocycles. The fraction of sp³-hybridized carbons (Fsp3) is 0.200. The number of hydrogen-bond donors (Lipinski definition) is 1. The van der Waals surface area contributed by atoms with Crippen LogP contribution in [0.1, 0.15) is 42.7 Å². The molecule has 33 heavy (non-hydrogen) atoms. The van der Waals surface area contributed by atoms with E-state index in [2.05, 4.69) is 0 Å². The Hall–Kier alpha value is -3.94. The smallest absolute Gasteiger partial charge is 0.300 e. The van der Waals surface area contributed by atoms with E-state index in [4.69, 9.17) is 9.15 Å². The summed E-state index contributed by atoms with van der Waals surface area (Å²) in [6.07, 6.45) is 1.33. The minimum Gasteiger partial charge on any atom is -0.507 e. The molecule has 170 valence electrons. The van der Waals surface area contributed by atoms with Crippen LogP contribution in [0.3, 0.4) is 0 Å². The minimum absolute atomic E-state index is 0.0456. The fourth-order valence-corrected chi connectivity index (χ4v) is 3.96. The number of halogens is 2. The van der Waals surface area contributed by atoms with Gasteiger partial charge in [0.25, 0.3) is 11.7 Å². The van der Waals surface area contributed by atoms with Crippen molar-refractivity contribution in [1.82, 2.24) is 0 Å². The van der Waals surface area contributed by atoms with Crippen molar-refractivity contribution in [2.75, 3.05) is 12.0 Å². The molecule has 0 bridgehead atoms. The summed E-state index contributed by atoms with van der Waals surface area (Å²) in [6.45, 7) is 3.89. The van der Waals surface area contributed by atoms with Crippen molar-refractivity contribution >= 4 is 23.1 Å². The van der Waals surface area contributed by atoms with Gasteiger partial charge in [-0.25, -0.2) is 8.78 Å². The van der Waals surface area contributed by atoms with E-state index in [-0.39, 0.29) is 28.5 Å². The zero-order chi connectivity index (χ0) is 23.9. The van der Waals surface area contributed by atoms with Crippen molar-refractivity contribution in [3.63, 3.8) is 0 Å². The van der Waals surface area contributed by atoms with Crippen LogP contribution in [-0.2, 0) is 9.59 Å². The summed E-state index contributed by atoms with van der Waals surface area (Å²) in [5, 5.41) is 11.2. The van der Waals surface area contributed by atoms with Crippen LogP contribution in [0.15, 0.2) is 64.8 Å². The number of Topliss-reactive ketones (excluding diaryl/α,β-unsaturated/α-hetero) is 1. The van der Waals surface area contributed by atoms with Gasteiger partial charge >= 0.3 is 0 Å². The molecule has 0 saturated carbocycles. The minimum atomic E-state index is -1.25. The van der Waals surface area contributed by atoms with Gasteiger partial charge in [0, 0.05) is 11.6 Å². The van der Waals surface area contributed by atoms with Gasteiger partial charge in [-0.15, -0.1) is 0 Å². The molecule has 1 fully saturated rings. The van der Waals surface area contributed by atoms with Crippen molar-refractivity contribution in [1.29, 1.82) is 0 Å². The highest BCUT2D eigenvalue weighted by Gasteiger charge is 2.49. The number of carbonyl (C=O) groups is 2. The largest absolute Gasteiger partial charge is 0.507 e. The van der Waals surface area contributed by atoms with Crippen molar-refractivity contribution in [3.8, 4) is 5.75 Å². The molecule has 2 aromatic carbocycles. The van der Waals surface area contributed by atoms with Crippen LogP contribution in [-0.4, -0.2) is 23.9 Å². The quantitative estimate of drug-likeness (QED) is 0.322. The molecule has 1 unspecified atom stereocenters. The molecule has 6 nitrogen and oxygen atoms in total. The van der Waals surface area contributed by atoms with Crippen LogP contribution in [0, 0.1) is 11.6 Å². The number of nitrogens with zero attached hydrogens (tertiary/aromatic N) is 1. The number of ketones is 1. The maximum atomic E-state index is 14.6. The Kier molecular flexibility index (Phi) is 5.76. The first-order valence-corrected chi connectivity index (χ1v) is 10.2. The van der Waals surface area contributed by atoms with Gasteiger partial charge < -0.3 is 14.3 Å². The van der Waals surface area contributed by atoms with E-state index in [0.29, 0.717) is 11.8 Å². The highest BCUT2D eigenvalue weighted by atomic mass is 19.1. The molecule has 1 aromatic heterocycles. The molecule has 1 amide bonds. The number of furan rings is 1. The molecular weight excluding hydrogens is 432 g/mol. The van der Waals surface area contributed by atoms with Crippen LogP contribution >= 0.6 is 0 Å². The SMILES string of the molecule is COc1ccc(/C(O)=C2/C(=O)C(=O)N(c3ccc(F)cc3F)C2c2ccco2)cc1C(C)C. The number of aliphatic hydroxyl groups excluding tert-OH is 1. The van der Waals surface area contributed by atoms with E-state index < -0.39 is 35.1 Å². The predicted octanol–water partition coefficient (Wildman–Crippen LogP) is 5.32. The number of carbonyl (C=O) groups excluding carboxylic acids is 2. The lowest BCUT2D eigenvalue weighted by Crippen LogP contribution is -2.30. The third-order valence-electron chi connectivity index (χ3n) is 5.55. The second-order valence-corrected chi connectivity index (χ2v) is 7.89. The third kappa shape index (κ3) is 3.77. The van der Waals surface area contributed by atoms with Crippen molar-refractivity contribution < 1.29 is 32.6 Å². The topological polar surface area (TPSA) is 80.0 Å². The summed E-state index contributed by atoms with van der Waals surface area (Å²) in [5.74, 6) is -3.59. The highest BCUT2D eigenvalue weighted by Crippen LogP contribution is 2.43. The first-order chi connectivity index (χ1) is 15.7. The second-order valence-electron chi connectivity index (χ2n) is 7.89. The van der Waals surface area contributed by atoms with Crippen molar-refractivity contribution in [3.05, 3.63) is 88.9 Å². The Morgan fingerprint density at radius 3 is 2.48 bits per heavy atom. The number of ether oxygens (including phenoxy) is 1. The molecule has 3 aromatic rings. The van der Waals surface area contributed by atoms with Crippen LogP contribution in [0.4, 0.5) is 14.5 Å². The molecular formula is C25H21F2NO5. The summed E-state index contributed by atoms with van der Waals surface area (Å²) in [6, 6.07) is 9.35. The predicted molar refractivity (Wildman–Crippen MR) is 117 cm³/mol. The second kappa shape index (κ2) is 8.54. The van der Waals surface area contributed by atoms with Gasteiger partial charge in [-0.1, -0.05) is 13.8 Å². The van der Waals surface area contributed by atoms with Crippen molar-refractivity contribution in [2.24, 2.45) is 0 Å². The average Bonchev–Trinajstić information content (AvgIpc) is 3.40. The molecule has 1 N–H and O–H groups in total. The molecule has 1 saturated heterocycles. The van der Waals surface area contributed by atoms with Gasteiger partial charge in [0.15, 0.2) is 0 Å². The number of benzene rings is 2. The van der Waals surface area contributed by atoms with Crippen LogP contribution in [0.5, 0.6) is 5.75 Å². The molecule has 2 heterocycles. The maximum absolute atomic E-state index is 14.6. The number of rotatable bonds is 5. The normalized spacial score (nSPS) is 17.8. The Morgan fingerprint density at radius 1 is 1.12 bits per heavy atom. The lowest BCUT2D eigenvalue weighted by atomic mass is 9.95. The standard InChI is InChI=1S/C25H21F2NO5/c1-13(2)16-11-14(6-9-19(16)32-3)23(29)21-22(20-5-4-10-33-20)28(25(31)24(21)30)18-8-7-15(26)12-17(18)27/h4-13,22,29H,1-3H3/b23-21-. The monoisotopic (exact) mass is 453 g/mol. The number of aliphatic hydroxyl groups is 1. The van der Waals surface area contributed by atoms with Gasteiger partial charge in [0.1, 0.15) is 34.9 Å². The molecule has 0 radical (unpaired) electrons. The number of amides is 1. The number of anilines is 1. The zero-order valence-corrected chi connectivity index (χ0v) is 18.1. The first kappa shape index (κ1) is 22.3. The fourth-order valence-electron chi connectivity index (χ4n) is 3.96. The summed E-state index contributed by atoms with van der Waals surface area (Å²) in [4.78, 5) is 26.9. The summed E-state index contributed by atoms with van der Waals surface area (Å²) in [5.41, 5.74) is 0.499. The molecule has 1 aliphatic heterocycles. The van der Waals surface area contributed by atoms with Gasteiger partial charge in [-0.2, -0.15) is 0 Å². The van der Waals surface area contributed by atoms with Gasteiger partial charge in [0.05, 0.1) is 24.6 Å². The molecule has 1 aliphatic rings. The average molecular weight is 453 g/mol. The maximum Gasteiger partial charge on any atom is 0.300 e. The zero-order valence-electron chi connectivity index (χ0n) is 18.1. The van der Waals surface area contributed by atoms with E-state index >= 15 is 0 Å². The Bertz CT molecular complexity index is 1260. The van der Waals surface area contributed by atoms with E-state index in [1.807, 2.05) is 13.8 Å². The van der Waals surface area contributed by atoms with Gasteiger partial charge in [-0.05, 0) is 53.9 Å². The van der Waals surface area contributed by atoms with Crippen LogP contribution in [0.2, 0.25) is 0 Å². The summed E-state index contributed by atoms with van der Waals surface area (Å²) in [7, 11) is 1.53. The Balaban J connectivity index is 1.93. The Labute approximate surface area is 188 Å². The summed E-state index contributed by atoms with van der Waals surface area (Å²) >= 11 is 0. The third-order valence-corrected chi connectivity index (χ3v) is 5.55. The van der Waals surface area contributed by atoms with E-state index in [9.17, 15) is 23.5 Å². The molecule has 4 rings (SSSR count). The van der Waals surface area contributed by atoms with Gasteiger partial charge in [-0.3, -0.25) is 14.5 Å². The Morgan fingerprint density at radius 2 is 1.88 bits per heavy atom. The highest BCUT2D eigenvalue weighted by molar-refractivity contribution is 6.51. The van der Waals surface area contributed by atoms with E-state index in [1.54, 1.807) is 24.3 Å². The van der Waals surface area contributed by atoms with Crippen molar-refractivity contribution in [2.45, 2.75) is 25.8 Å². The molecule has 8 heteroatoms. The van der Waals surface area contributed by atoms with Crippen LogP contribution in [0.25, 0.3) is 5.76 Å². The summed E-state index contributed by atoms with van der Waals surface area (Å²) < 4.78 is 38.9. The number of methoxy groups -OCH3 is 1. The van der Waals surface area contributed by atoms with Crippen LogP contribution < -0.4 is 9.64 Å². The lowest BCUT2D eigenvalue weighted by molar-refractivity contribution is -0.132. The first-order valence-electron chi connectivity index (χ1n) is 10.2. The molecule has 1 atom stereocenters. The lowest BCUT2D eigenvalue weighted by Gasteiger charge is -2.23. The van der Waals surface area contributed by atoms with Gasteiger partial charge in [0.2, 0.25) is 0 Å². The molecule has 0 spiro atoms. The van der Waals surface area contributed by atoms with E-state index in [1.165, 1.54) is 19.4 Å². The van der Waals surface area contributed by atoms with E-state index in [0.717, 1.165) is 22.6 Å².